The molecule has 6 heteroatoms. The van der Waals surface area contributed by atoms with Crippen LogP contribution in [0.2, 0.25) is 0 Å². The molecule has 1 aliphatic carbocycles. The standard InChI is InChI=1S/C18H29N3O2S/c1-3-20(4-2)24(22,23)19-16-9-7-10-17(14-16)21-13-12-15-8-5-6-11-18(15)21/h5-6,8,11,16-17,19H,3-4,7,9-10,12-14H2,1-2H3. The van der Waals surface area contributed by atoms with Crippen LogP contribution < -0.4 is 9.62 Å². The third kappa shape index (κ3) is 3.60. The van der Waals surface area contributed by atoms with E-state index in [9.17, 15) is 8.42 Å². The van der Waals surface area contributed by atoms with E-state index in [1.165, 1.54) is 15.6 Å². The molecule has 3 rings (SSSR count). The van der Waals surface area contributed by atoms with Gasteiger partial charge in [0.1, 0.15) is 0 Å². The first-order valence-corrected chi connectivity index (χ1v) is 10.6. The predicted molar refractivity (Wildman–Crippen MR) is 98.5 cm³/mol. The summed E-state index contributed by atoms with van der Waals surface area (Å²) in [6.45, 7) is 5.85. The Morgan fingerprint density at radius 2 is 1.96 bits per heavy atom. The van der Waals surface area contributed by atoms with E-state index >= 15 is 0 Å². The second-order valence-corrected chi connectivity index (χ2v) is 8.50. The van der Waals surface area contributed by atoms with E-state index in [1.54, 1.807) is 0 Å². The van der Waals surface area contributed by atoms with Crippen LogP contribution in [0.1, 0.15) is 45.1 Å². The van der Waals surface area contributed by atoms with Gasteiger partial charge in [-0.1, -0.05) is 32.0 Å². The van der Waals surface area contributed by atoms with Gasteiger partial charge in [0.05, 0.1) is 0 Å². The zero-order chi connectivity index (χ0) is 17.2. The van der Waals surface area contributed by atoms with Crippen molar-refractivity contribution in [3.8, 4) is 0 Å². The van der Waals surface area contributed by atoms with Crippen molar-refractivity contribution in [3.63, 3.8) is 0 Å². The normalized spacial score (nSPS) is 24.4. The fourth-order valence-electron chi connectivity index (χ4n) is 4.15. The molecular weight excluding hydrogens is 322 g/mol. The van der Waals surface area contributed by atoms with Gasteiger partial charge in [-0.2, -0.15) is 17.4 Å². The first-order valence-electron chi connectivity index (χ1n) is 9.17. The summed E-state index contributed by atoms with van der Waals surface area (Å²) in [6.07, 6.45) is 5.16. The van der Waals surface area contributed by atoms with Crippen LogP contribution in [0.25, 0.3) is 0 Å². The maximum Gasteiger partial charge on any atom is 0.279 e. The van der Waals surface area contributed by atoms with Crippen molar-refractivity contribution in [2.45, 2.75) is 58.0 Å². The lowest BCUT2D eigenvalue weighted by Gasteiger charge is -2.37. The van der Waals surface area contributed by atoms with Crippen LogP contribution in [0.4, 0.5) is 5.69 Å². The van der Waals surface area contributed by atoms with Crippen molar-refractivity contribution in [1.29, 1.82) is 0 Å². The fraction of sp³-hybridized carbons (Fsp3) is 0.667. The summed E-state index contributed by atoms with van der Waals surface area (Å²) < 4.78 is 29.4. The number of para-hydroxylation sites is 1. The zero-order valence-electron chi connectivity index (χ0n) is 14.7. The fourth-order valence-corrected chi connectivity index (χ4v) is 5.61. The molecule has 2 atom stereocenters. The summed E-state index contributed by atoms with van der Waals surface area (Å²) in [5, 5.41) is 0. The highest BCUT2D eigenvalue weighted by atomic mass is 32.2. The number of anilines is 1. The largest absolute Gasteiger partial charge is 0.368 e. The molecule has 1 heterocycles. The van der Waals surface area contributed by atoms with Crippen LogP contribution in [-0.4, -0.2) is 44.4 Å². The Morgan fingerprint density at radius 3 is 2.71 bits per heavy atom. The molecule has 0 radical (unpaired) electrons. The van der Waals surface area contributed by atoms with Crippen LogP contribution >= 0.6 is 0 Å². The van der Waals surface area contributed by atoms with Crippen LogP contribution in [0.15, 0.2) is 24.3 Å². The van der Waals surface area contributed by atoms with Gasteiger partial charge >= 0.3 is 0 Å². The summed E-state index contributed by atoms with van der Waals surface area (Å²) in [5.74, 6) is 0. The van der Waals surface area contributed by atoms with Gasteiger partial charge < -0.3 is 4.90 Å². The van der Waals surface area contributed by atoms with Crippen molar-refractivity contribution in [2.75, 3.05) is 24.5 Å². The van der Waals surface area contributed by atoms with Crippen molar-refractivity contribution >= 4 is 15.9 Å². The molecule has 24 heavy (non-hydrogen) atoms. The second-order valence-electron chi connectivity index (χ2n) is 6.80. The van der Waals surface area contributed by atoms with Gasteiger partial charge in [-0.15, -0.1) is 0 Å². The number of fused-ring (bicyclic) bond motifs is 1. The highest BCUT2D eigenvalue weighted by Crippen LogP contribution is 2.34. The molecule has 1 aromatic rings. The lowest BCUT2D eigenvalue weighted by atomic mass is 9.90. The minimum atomic E-state index is -3.36. The molecule has 0 amide bonds. The Morgan fingerprint density at radius 1 is 1.21 bits per heavy atom. The molecule has 1 aliphatic heterocycles. The summed E-state index contributed by atoms with van der Waals surface area (Å²) in [4.78, 5) is 2.49. The lowest BCUT2D eigenvalue weighted by molar-refractivity contribution is 0.346. The van der Waals surface area contributed by atoms with E-state index in [-0.39, 0.29) is 6.04 Å². The van der Waals surface area contributed by atoms with Gasteiger partial charge in [0.2, 0.25) is 0 Å². The van der Waals surface area contributed by atoms with Crippen LogP contribution in [0, 0.1) is 0 Å². The van der Waals surface area contributed by atoms with E-state index in [0.29, 0.717) is 19.1 Å². The Labute approximate surface area is 146 Å². The number of nitrogens with one attached hydrogen (secondary N) is 1. The van der Waals surface area contributed by atoms with Gasteiger partial charge in [0, 0.05) is 37.4 Å². The summed E-state index contributed by atoms with van der Waals surface area (Å²) in [6, 6.07) is 9.09. The van der Waals surface area contributed by atoms with Crippen LogP contribution in [0.5, 0.6) is 0 Å². The Kier molecular flexibility index (Phi) is 5.47. The molecule has 0 saturated heterocycles. The summed E-state index contributed by atoms with van der Waals surface area (Å²) >= 11 is 0. The molecule has 1 aromatic carbocycles. The van der Waals surface area contributed by atoms with Gasteiger partial charge in [-0.05, 0) is 43.7 Å². The van der Waals surface area contributed by atoms with E-state index in [2.05, 4.69) is 33.9 Å². The maximum atomic E-state index is 12.5. The van der Waals surface area contributed by atoms with Crippen LogP contribution in [-0.2, 0) is 16.6 Å². The minimum absolute atomic E-state index is 0.0436. The Hall–Kier alpha value is -1.11. The van der Waals surface area contributed by atoms with Crippen molar-refractivity contribution in [3.05, 3.63) is 29.8 Å². The van der Waals surface area contributed by atoms with Gasteiger partial charge in [0.15, 0.2) is 0 Å². The number of rotatable bonds is 6. The summed E-state index contributed by atoms with van der Waals surface area (Å²) in [5.41, 5.74) is 2.76. The van der Waals surface area contributed by atoms with Crippen molar-refractivity contribution < 1.29 is 8.42 Å². The first kappa shape index (κ1) is 17.7. The SMILES string of the molecule is CCN(CC)S(=O)(=O)NC1CCCC(N2CCc3ccccc32)C1. The molecular formula is C18H29N3O2S. The molecule has 0 bridgehead atoms. The maximum absolute atomic E-state index is 12.5. The molecule has 0 spiro atoms. The topological polar surface area (TPSA) is 52.7 Å². The van der Waals surface area contributed by atoms with Crippen molar-refractivity contribution in [2.24, 2.45) is 0 Å². The number of benzene rings is 1. The van der Waals surface area contributed by atoms with Gasteiger partial charge in [-0.25, -0.2) is 0 Å². The smallest absolute Gasteiger partial charge is 0.279 e. The van der Waals surface area contributed by atoms with E-state index < -0.39 is 10.2 Å². The quantitative estimate of drug-likeness (QED) is 0.857. The lowest BCUT2D eigenvalue weighted by Crippen LogP contribution is -2.49. The molecule has 1 N–H and O–H groups in total. The molecule has 2 aliphatic rings. The monoisotopic (exact) mass is 351 g/mol. The average molecular weight is 352 g/mol. The molecule has 1 fully saturated rings. The van der Waals surface area contributed by atoms with E-state index in [1.807, 2.05) is 13.8 Å². The summed E-state index contributed by atoms with van der Waals surface area (Å²) in [7, 11) is -3.36. The Bertz CT molecular complexity index is 658. The molecule has 2 unspecified atom stereocenters. The minimum Gasteiger partial charge on any atom is -0.368 e. The number of hydrogen-bond acceptors (Lipinski definition) is 3. The predicted octanol–water partition coefficient (Wildman–Crippen LogP) is 2.54. The van der Waals surface area contributed by atoms with Gasteiger partial charge in [-0.3, -0.25) is 0 Å². The van der Waals surface area contributed by atoms with Gasteiger partial charge in [0.25, 0.3) is 10.2 Å². The number of nitrogens with zero attached hydrogens (tertiary/aromatic N) is 2. The van der Waals surface area contributed by atoms with Crippen LogP contribution in [0.3, 0.4) is 0 Å². The molecule has 0 aromatic heterocycles. The second kappa shape index (κ2) is 7.42. The number of hydrogen-bond donors (Lipinski definition) is 1. The van der Waals surface area contributed by atoms with E-state index in [0.717, 1.165) is 38.6 Å². The van der Waals surface area contributed by atoms with E-state index in [4.69, 9.17) is 0 Å². The highest BCUT2D eigenvalue weighted by Gasteiger charge is 2.33. The molecule has 1 saturated carbocycles. The van der Waals surface area contributed by atoms with Crippen molar-refractivity contribution in [1.82, 2.24) is 9.03 Å². The molecule has 5 nitrogen and oxygen atoms in total. The third-order valence-corrected chi connectivity index (χ3v) is 7.20. The first-order chi connectivity index (χ1) is 11.5. The zero-order valence-corrected chi connectivity index (χ0v) is 15.6. The average Bonchev–Trinajstić information content (AvgIpc) is 2.99. The third-order valence-electron chi connectivity index (χ3n) is 5.37. The highest BCUT2D eigenvalue weighted by molar-refractivity contribution is 7.87. The molecule has 134 valence electrons. The Balaban J connectivity index is 1.67.